The van der Waals surface area contributed by atoms with Gasteiger partial charge in [0, 0.05) is 5.41 Å². The molecular weight excluding hydrogens is 435 g/mol. The number of aryl methyl sites for hydroxylation is 1. The number of aliphatic hydroxyl groups excluding tert-OH is 1. The maximum atomic E-state index is 13.4. The lowest BCUT2D eigenvalue weighted by Crippen LogP contribution is -2.45. The fourth-order valence-electron chi connectivity index (χ4n) is 5.62. The van der Waals surface area contributed by atoms with Gasteiger partial charge in [0.25, 0.3) is 0 Å². The van der Waals surface area contributed by atoms with Crippen LogP contribution >= 0.6 is 0 Å². The Morgan fingerprint density at radius 2 is 1.94 bits per heavy atom. The predicted octanol–water partition coefficient (Wildman–Crippen LogP) is 4.23. The molecule has 2 aromatic carbocycles. The number of aromatic nitrogens is 2. The Morgan fingerprint density at radius 3 is 2.68 bits per heavy atom. The van der Waals surface area contributed by atoms with E-state index in [0.717, 1.165) is 34.5 Å². The summed E-state index contributed by atoms with van der Waals surface area (Å²) in [5.74, 6) is -1.59. The van der Waals surface area contributed by atoms with Gasteiger partial charge in [-0.2, -0.15) is 5.10 Å². The van der Waals surface area contributed by atoms with Crippen LogP contribution in [0.15, 0.2) is 60.3 Å². The van der Waals surface area contributed by atoms with Crippen molar-refractivity contribution in [1.29, 1.82) is 0 Å². The van der Waals surface area contributed by atoms with Gasteiger partial charge < -0.3 is 15.3 Å². The predicted molar refractivity (Wildman–Crippen MR) is 125 cm³/mol. The van der Waals surface area contributed by atoms with E-state index in [0.29, 0.717) is 31.2 Å². The lowest BCUT2D eigenvalue weighted by molar-refractivity contribution is -0.147. The summed E-state index contributed by atoms with van der Waals surface area (Å²) in [6.07, 6.45) is 5.23. The van der Waals surface area contributed by atoms with Gasteiger partial charge in [-0.3, -0.25) is 0 Å². The van der Waals surface area contributed by atoms with Crippen LogP contribution in [0.25, 0.3) is 11.8 Å². The molecule has 0 saturated heterocycles. The second kappa shape index (κ2) is 8.18. The van der Waals surface area contributed by atoms with Crippen molar-refractivity contribution in [2.45, 2.75) is 50.7 Å². The number of rotatable bonds is 6. The number of halogens is 1. The molecule has 5 rings (SSSR count). The number of nitrogens with zero attached hydrogens (tertiary/aromatic N) is 2. The average molecular weight is 463 g/mol. The van der Waals surface area contributed by atoms with Crippen molar-refractivity contribution in [1.82, 2.24) is 9.78 Å². The lowest BCUT2D eigenvalue weighted by Gasteiger charge is -2.42. The Labute approximate surface area is 197 Å². The number of carboxylic acids is 1. The second-order valence-corrected chi connectivity index (χ2v) is 9.59. The molecule has 176 valence electrons. The Morgan fingerprint density at radius 1 is 1.21 bits per heavy atom. The summed E-state index contributed by atoms with van der Waals surface area (Å²) in [6.45, 7) is 2.09. The number of benzene rings is 2. The topological polar surface area (TPSA) is 95.6 Å². The van der Waals surface area contributed by atoms with Gasteiger partial charge >= 0.3 is 5.97 Å². The molecule has 0 aliphatic heterocycles. The normalized spacial score (nSPS) is 24.3. The van der Waals surface area contributed by atoms with Crippen LogP contribution in [0.5, 0.6) is 0 Å². The first-order valence-corrected chi connectivity index (χ1v) is 11.5. The molecule has 1 unspecified atom stereocenters. The van der Waals surface area contributed by atoms with Crippen LogP contribution in [-0.2, 0) is 17.6 Å². The second-order valence-electron chi connectivity index (χ2n) is 9.59. The summed E-state index contributed by atoms with van der Waals surface area (Å²) in [5, 5.41) is 35.7. The maximum absolute atomic E-state index is 13.4. The van der Waals surface area contributed by atoms with Gasteiger partial charge in [-0.25, -0.2) is 13.9 Å². The van der Waals surface area contributed by atoms with Crippen LogP contribution in [0.3, 0.4) is 0 Å². The summed E-state index contributed by atoms with van der Waals surface area (Å²) in [5.41, 5.74) is 3.56. The van der Waals surface area contributed by atoms with E-state index in [1.165, 1.54) is 12.1 Å². The van der Waals surface area contributed by atoms with E-state index in [2.05, 4.69) is 18.1 Å². The quantitative estimate of drug-likeness (QED) is 0.510. The number of carbonyl (C=O) groups is 1. The molecule has 3 N–H and O–H groups in total. The molecule has 0 bridgehead atoms. The molecule has 3 aromatic rings. The molecule has 1 aromatic heterocycles. The van der Waals surface area contributed by atoms with Gasteiger partial charge in [-0.1, -0.05) is 36.8 Å². The molecule has 0 amide bonds. The third-order valence-electron chi connectivity index (χ3n) is 7.75. The molecule has 1 fully saturated rings. The highest BCUT2D eigenvalue weighted by Crippen LogP contribution is 2.56. The van der Waals surface area contributed by atoms with E-state index in [4.69, 9.17) is 0 Å². The monoisotopic (exact) mass is 462 g/mol. The summed E-state index contributed by atoms with van der Waals surface area (Å²) < 4.78 is 15.2. The van der Waals surface area contributed by atoms with Gasteiger partial charge in [0.15, 0.2) is 6.10 Å². The zero-order valence-electron chi connectivity index (χ0n) is 18.9. The van der Waals surface area contributed by atoms with Crippen molar-refractivity contribution >= 4 is 12.0 Å². The lowest BCUT2D eigenvalue weighted by atomic mass is 9.65. The van der Waals surface area contributed by atoms with E-state index in [1.54, 1.807) is 24.3 Å². The molecule has 2 aliphatic rings. The Kier molecular flexibility index (Phi) is 5.41. The summed E-state index contributed by atoms with van der Waals surface area (Å²) >= 11 is 0. The average Bonchev–Trinajstić information content (AvgIpc) is 3.34. The van der Waals surface area contributed by atoms with Crippen LogP contribution < -0.4 is 0 Å². The summed E-state index contributed by atoms with van der Waals surface area (Å²) in [7, 11) is 0. The van der Waals surface area contributed by atoms with Crippen molar-refractivity contribution in [3.8, 4) is 5.69 Å². The van der Waals surface area contributed by atoms with Gasteiger partial charge in [0.2, 0.25) is 0 Å². The maximum Gasteiger partial charge on any atom is 0.337 e. The summed E-state index contributed by atoms with van der Waals surface area (Å²) in [6, 6.07) is 13.2. The number of hydrogen-bond donors (Lipinski definition) is 3. The van der Waals surface area contributed by atoms with Crippen molar-refractivity contribution in [3.63, 3.8) is 0 Å². The summed E-state index contributed by atoms with van der Waals surface area (Å²) in [4.78, 5) is 11.3. The molecular formula is C27H27FN2O4. The number of aliphatic hydroxyl groups is 2. The van der Waals surface area contributed by atoms with Gasteiger partial charge in [-0.15, -0.1) is 0 Å². The minimum absolute atomic E-state index is 0.297. The van der Waals surface area contributed by atoms with E-state index in [-0.39, 0.29) is 5.82 Å². The zero-order valence-corrected chi connectivity index (χ0v) is 18.9. The van der Waals surface area contributed by atoms with Gasteiger partial charge in [-0.05, 0) is 79.1 Å². The number of aliphatic carboxylic acids is 1. The molecule has 1 heterocycles. The minimum Gasteiger partial charge on any atom is -0.479 e. The first-order chi connectivity index (χ1) is 16.2. The van der Waals surface area contributed by atoms with Gasteiger partial charge in [0.1, 0.15) is 5.82 Å². The van der Waals surface area contributed by atoms with Crippen molar-refractivity contribution < 1.29 is 24.5 Å². The van der Waals surface area contributed by atoms with Crippen LogP contribution in [0.4, 0.5) is 4.39 Å². The highest BCUT2D eigenvalue weighted by Gasteiger charge is 2.54. The highest BCUT2D eigenvalue weighted by atomic mass is 19.1. The first-order valence-electron chi connectivity index (χ1n) is 11.5. The molecule has 0 radical (unpaired) electrons. The van der Waals surface area contributed by atoms with Crippen LogP contribution in [-0.4, -0.2) is 36.7 Å². The van der Waals surface area contributed by atoms with Crippen LogP contribution in [0, 0.1) is 11.2 Å². The minimum atomic E-state index is -1.59. The largest absolute Gasteiger partial charge is 0.479 e. The third kappa shape index (κ3) is 3.56. The van der Waals surface area contributed by atoms with Crippen LogP contribution in [0.2, 0.25) is 0 Å². The third-order valence-corrected chi connectivity index (χ3v) is 7.75. The van der Waals surface area contributed by atoms with Crippen LogP contribution in [0.1, 0.15) is 54.7 Å². The van der Waals surface area contributed by atoms with E-state index >= 15 is 0 Å². The number of fused-ring (bicyclic) bond motifs is 2. The zero-order chi connectivity index (χ0) is 24.1. The number of hydrogen-bond acceptors (Lipinski definition) is 4. The standard InChI is InChI=1S/C27H27FN2O4/c1-26-15-18-16-29-30(21-8-6-20(28)7-9-21)23(18)14-19(26)11-13-27(26,34)12-10-17-4-2-3-5-22(17)24(31)25(32)33/h2-9,14,16,24,31,34H,10-13,15H2,1H3,(H,32,33)/t24?,26-,27-/m0/s1. The van der Waals surface area contributed by atoms with Gasteiger partial charge in [0.05, 0.1) is 23.2 Å². The van der Waals surface area contributed by atoms with Crippen molar-refractivity contribution in [2.24, 2.45) is 5.41 Å². The number of carboxylic acid groups (broad SMARTS) is 1. The molecule has 2 aliphatic carbocycles. The Bertz CT molecular complexity index is 1280. The van der Waals surface area contributed by atoms with Crippen molar-refractivity contribution in [3.05, 3.63) is 88.5 Å². The van der Waals surface area contributed by atoms with E-state index in [1.807, 2.05) is 23.0 Å². The molecule has 7 heteroatoms. The molecule has 1 saturated carbocycles. The van der Waals surface area contributed by atoms with E-state index < -0.39 is 23.1 Å². The SMILES string of the molecule is C[C@]12Cc3cnn(-c4ccc(F)cc4)c3C=C1CC[C@@]2(O)CCc1ccccc1C(O)C(=O)O. The fraction of sp³-hybridized carbons (Fsp3) is 0.333. The molecule has 6 nitrogen and oxygen atoms in total. The molecule has 3 atom stereocenters. The molecule has 34 heavy (non-hydrogen) atoms. The Hall–Kier alpha value is -3.29. The van der Waals surface area contributed by atoms with E-state index in [9.17, 15) is 24.5 Å². The Balaban J connectivity index is 1.42. The molecule has 0 spiro atoms. The first kappa shape index (κ1) is 22.5. The van der Waals surface area contributed by atoms with Crippen molar-refractivity contribution in [2.75, 3.05) is 0 Å². The highest BCUT2D eigenvalue weighted by molar-refractivity contribution is 5.74. The fourth-order valence-corrected chi connectivity index (χ4v) is 5.62. The smallest absolute Gasteiger partial charge is 0.337 e.